The van der Waals surface area contributed by atoms with Crippen LogP contribution in [0.5, 0.6) is 0 Å². The molecule has 2 bridgehead atoms. The number of amides is 4. The molecule has 4 amide bonds. The van der Waals surface area contributed by atoms with Gasteiger partial charge in [-0.05, 0) is 46.5 Å². The van der Waals surface area contributed by atoms with Crippen LogP contribution in [0.15, 0.2) is 0 Å². The zero-order valence-corrected chi connectivity index (χ0v) is 16.7. The number of carbonyl (C=O) groups is 3. The van der Waals surface area contributed by atoms with Gasteiger partial charge >= 0.3 is 12.1 Å². The maximum atomic E-state index is 12.4. The van der Waals surface area contributed by atoms with Crippen LogP contribution in [-0.2, 0) is 14.4 Å². The summed E-state index contributed by atoms with van der Waals surface area (Å²) in [6.45, 7) is 7.29. The number of piperidine rings is 2. The van der Waals surface area contributed by atoms with E-state index in [2.05, 4.69) is 5.48 Å². The molecule has 2 unspecified atom stereocenters. The van der Waals surface area contributed by atoms with Crippen molar-refractivity contribution in [2.75, 3.05) is 26.2 Å². The fourth-order valence-corrected chi connectivity index (χ4v) is 3.92. The average molecular weight is 398 g/mol. The van der Waals surface area contributed by atoms with Crippen molar-refractivity contribution in [3.05, 3.63) is 0 Å². The molecular formula is C18H30N4O6. The number of urea groups is 1. The third kappa shape index (κ3) is 4.67. The van der Waals surface area contributed by atoms with Crippen LogP contribution in [0.4, 0.5) is 9.59 Å². The molecule has 28 heavy (non-hydrogen) atoms. The Bertz CT molecular complexity index is 622. The number of fused-ring (bicyclic) bond motifs is 2. The van der Waals surface area contributed by atoms with Crippen molar-refractivity contribution in [1.29, 1.82) is 0 Å². The lowest BCUT2D eigenvalue weighted by molar-refractivity contribution is -0.140. The molecular weight excluding hydrogens is 368 g/mol. The average Bonchev–Trinajstić information content (AvgIpc) is 2.85. The van der Waals surface area contributed by atoms with E-state index in [1.54, 1.807) is 4.90 Å². The van der Waals surface area contributed by atoms with Crippen LogP contribution >= 0.6 is 0 Å². The Morgan fingerprint density at radius 3 is 2.68 bits per heavy atom. The molecule has 2 N–H and O–H groups in total. The number of hydroxylamine groups is 3. The van der Waals surface area contributed by atoms with E-state index in [1.165, 1.54) is 4.90 Å². The third-order valence-corrected chi connectivity index (χ3v) is 5.31. The lowest BCUT2D eigenvalue weighted by Crippen LogP contribution is -2.50. The van der Waals surface area contributed by atoms with E-state index in [1.807, 2.05) is 20.8 Å². The number of carbonyl (C=O) groups excluding carboxylic acids is 3. The highest BCUT2D eigenvalue weighted by atomic mass is 16.7. The molecule has 0 radical (unpaired) electrons. The quantitative estimate of drug-likeness (QED) is 0.546. The lowest BCUT2D eigenvalue weighted by atomic mass is 9.99. The zero-order chi connectivity index (χ0) is 20.5. The van der Waals surface area contributed by atoms with Crippen LogP contribution < -0.4 is 5.48 Å². The fraction of sp³-hybridized carbons (Fsp3) is 0.833. The first-order valence-corrected chi connectivity index (χ1v) is 9.84. The van der Waals surface area contributed by atoms with Crippen molar-refractivity contribution >= 4 is 18.0 Å². The second kappa shape index (κ2) is 8.12. The second-order valence-corrected chi connectivity index (χ2v) is 8.74. The number of nitrogens with one attached hydrogen (secondary N) is 1. The summed E-state index contributed by atoms with van der Waals surface area (Å²) >= 11 is 0. The number of ether oxygens (including phenoxy) is 1. The molecule has 3 heterocycles. The lowest BCUT2D eigenvalue weighted by Gasteiger charge is -2.34. The summed E-state index contributed by atoms with van der Waals surface area (Å²) in [7, 11) is 0. The highest BCUT2D eigenvalue weighted by molar-refractivity contribution is 5.87. The van der Waals surface area contributed by atoms with Gasteiger partial charge in [-0.1, -0.05) is 0 Å². The topological polar surface area (TPSA) is 112 Å². The normalized spacial score (nSPS) is 27.8. The molecule has 10 heteroatoms. The van der Waals surface area contributed by atoms with E-state index in [-0.39, 0.29) is 30.6 Å². The van der Waals surface area contributed by atoms with Gasteiger partial charge in [0.1, 0.15) is 11.6 Å². The van der Waals surface area contributed by atoms with Crippen LogP contribution in [0.25, 0.3) is 0 Å². The van der Waals surface area contributed by atoms with E-state index in [0.29, 0.717) is 37.5 Å². The Balaban J connectivity index is 1.43. The highest BCUT2D eigenvalue weighted by Gasteiger charge is 2.46. The van der Waals surface area contributed by atoms with Gasteiger partial charge in [0.15, 0.2) is 0 Å². The summed E-state index contributed by atoms with van der Waals surface area (Å²) in [5.41, 5.74) is 1.90. The Morgan fingerprint density at radius 2 is 1.96 bits per heavy atom. The van der Waals surface area contributed by atoms with Crippen molar-refractivity contribution in [2.24, 2.45) is 5.92 Å². The van der Waals surface area contributed by atoms with Crippen molar-refractivity contribution in [3.8, 4) is 0 Å². The molecule has 3 saturated heterocycles. The summed E-state index contributed by atoms with van der Waals surface area (Å²) in [6.07, 6.45) is 2.46. The first kappa shape index (κ1) is 20.7. The van der Waals surface area contributed by atoms with Gasteiger partial charge in [-0.25, -0.2) is 20.1 Å². The number of likely N-dealkylation sites (tertiary alicyclic amines) is 1. The Kier molecular flexibility index (Phi) is 5.99. The van der Waals surface area contributed by atoms with Crippen molar-refractivity contribution in [2.45, 2.75) is 64.1 Å². The molecule has 0 aromatic heterocycles. The standard InChI is InChI=1S/C18H30N4O6/c1-18(2,3)28-17(25)20-8-4-5-12(9-20)11-27-19-15(23)14-7-6-13-10-21(14)16(24)22(13)26/h12-14,26H,4-11H2,1-3H3,(H,19,23)/t12?,13?,14-/m0/s1. The molecule has 3 aliphatic heterocycles. The second-order valence-electron chi connectivity index (χ2n) is 8.74. The molecule has 3 atom stereocenters. The van der Waals surface area contributed by atoms with Crippen molar-refractivity contribution in [3.63, 3.8) is 0 Å². The van der Waals surface area contributed by atoms with Gasteiger partial charge in [0.2, 0.25) is 0 Å². The fourth-order valence-electron chi connectivity index (χ4n) is 3.92. The van der Waals surface area contributed by atoms with E-state index < -0.39 is 17.7 Å². The van der Waals surface area contributed by atoms with Crippen LogP contribution in [-0.4, -0.2) is 82.0 Å². The Hall–Kier alpha value is -2.07. The van der Waals surface area contributed by atoms with Crippen LogP contribution in [0.3, 0.4) is 0 Å². The molecule has 158 valence electrons. The van der Waals surface area contributed by atoms with E-state index in [0.717, 1.165) is 12.8 Å². The van der Waals surface area contributed by atoms with E-state index in [9.17, 15) is 19.6 Å². The molecule has 3 fully saturated rings. The molecule has 3 aliphatic rings. The van der Waals surface area contributed by atoms with Crippen molar-refractivity contribution in [1.82, 2.24) is 20.3 Å². The van der Waals surface area contributed by atoms with Crippen LogP contribution in [0.1, 0.15) is 46.5 Å². The minimum absolute atomic E-state index is 0.0960. The molecule has 0 aliphatic carbocycles. The van der Waals surface area contributed by atoms with Gasteiger partial charge in [-0.15, -0.1) is 0 Å². The number of nitrogens with zero attached hydrogens (tertiary/aromatic N) is 3. The van der Waals surface area contributed by atoms with Crippen molar-refractivity contribution < 1.29 is 29.2 Å². The van der Waals surface area contributed by atoms with E-state index >= 15 is 0 Å². The summed E-state index contributed by atoms with van der Waals surface area (Å²) < 4.78 is 5.41. The monoisotopic (exact) mass is 398 g/mol. The zero-order valence-electron chi connectivity index (χ0n) is 16.7. The summed E-state index contributed by atoms with van der Waals surface area (Å²) in [5, 5.41) is 10.4. The predicted octanol–water partition coefficient (Wildman–Crippen LogP) is 1.34. The Morgan fingerprint density at radius 1 is 1.21 bits per heavy atom. The number of rotatable bonds is 4. The van der Waals surface area contributed by atoms with Crippen LogP contribution in [0, 0.1) is 5.92 Å². The molecule has 0 spiro atoms. The SMILES string of the molecule is CC(C)(C)OC(=O)N1CCCC(CONC(=O)[C@@H]2CCC3CN2C(=O)N3O)C1. The summed E-state index contributed by atoms with van der Waals surface area (Å²) in [6, 6.07) is -1.41. The molecule has 0 aromatic rings. The first-order chi connectivity index (χ1) is 13.2. The maximum absolute atomic E-state index is 12.4. The smallest absolute Gasteiger partial charge is 0.410 e. The molecule has 0 saturated carbocycles. The third-order valence-electron chi connectivity index (χ3n) is 5.31. The molecule has 0 aromatic carbocycles. The molecule has 3 rings (SSSR count). The Labute approximate surface area is 164 Å². The molecule has 10 nitrogen and oxygen atoms in total. The largest absolute Gasteiger partial charge is 0.444 e. The summed E-state index contributed by atoms with van der Waals surface area (Å²) in [5.74, 6) is -0.291. The van der Waals surface area contributed by atoms with Gasteiger partial charge < -0.3 is 14.5 Å². The van der Waals surface area contributed by atoms with Gasteiger partial charge in [-0.3, -0.25) is 14.8 Å². The number of hydrogen-bond donors (Lipinski definition) is 2. The minimum atomic E-state index is -0.634. The first-order valence-electron chi connectivity index (χ1n) is 9.84. The number of hydrogen-bond acceptors (Lipinski definition) is 6. The highest BCUT2D eigenvalue weighted by Crippen LogP contribution is 2.28. The van der Waals surface area contributed by atoms with Gasteiger partial charge in [0, 0.05) is 25.6 Å². The summed E-state index contributed by atoms with van der Waals surface area (Å²) in [4.78, 5) is 45.0. The maximum Gasteiger partial charge on any atom is 0.410 e. The van der Waals surface area contributed by atoms with Gasteiger partial charge in [-0.2, -0.15) is 0 Å². The minimum Gasteiger partial charge on any atom is -0.444 e. The van der Waals surface area contributed by atoms with Crippen LogP contribution in [0.2, 0.25) is 0 Å². The van der Waals surface area contributed by atoms with Gasteiger partial charge in [0.05, 0.1) is 12.6 Å². The van der Waals surface area contributed by atoms with E-state index in [4.69, 9.17) is 9.57 Å². The van der Waals surface area contributed by atoms with Gasteiger partial charge in [0.25, 0.3) is 5.91 Å². The predicted molar refractivity (Wildman–Crippen MR) is 97.2 cm³/mol.